The molecule has 1 aromatic rings. The van der Waals surface area contributed by atoms with Gasteiger partial charge in [-0.2, -0.15) is 0 Å². The predicted octanol–water partition coefficient (Wildman–Crippen LogP) is 1.72. The van der Waals surface area contributed by atoms with Crippen LogP contribution in [0.2, 0.25) is 0 Å². The van der Waals surface area contributed by atoms with Crippen molar-refractivity contribution in [2.45, 2.75) is 0 Å². The number of carbonyl (C=O) groups excluding carboxylic acids is 1. The van der Waals surface area contributed by atoms with E-state index in [1.807, 2.05) is 11.4 Å². The van der Waals surface area contributed by atoms with Gasteiger partial charge in [-0.15, -0.1) is 22.9 Å². The molecule has 0 aliphatic carbocycles. The number of thiophene rings is 1. The van der Waals surface area contributed by atoms with E-state index >= 15 is 0 Å². The maximum atomic E-state index is 11.1. The zero-order valence-corrected chi connectivity index (χ0v) is 7.41. The summed E-state index contributed by atoms with van der Waals surface area (Å²) in [7, 11) is 0. The van der Waals surface area contributed by atoms with Gasteiger partial charge in [0.05, 0.1) is 4.88 Å². The second-order valence-electron chi connectivity index (χ2n) is 1.92. The van der Waals surface area contributed by atoms with Gasteiger partial charge in [-0.3, -0.25) is 4.79 Å². The van der Waals surface area contributed by atoms with E-state index in [0.29, 0.717) is 12.4 Å². The molecule has 0 aromatic carbocycles. The average Bonchev–Trinajstić information content (AvgIpc) is 2.52. The van der Waals surface area contributed by atoms with E-state index in [1.165, 1.54) is 11.3 Å². The molecule has 0 fully saturated rings. The van der Waals surface area contributed by atoms with E-state index in [1.54, 1.807) is 6.07 Å². The molecule has 0 saturated carbocycles. The Morgan fingerprint density at radius 2 is 2.55 bits per heavy atom. The molecule has 4 heteroatoms. The molecular weight excluding hydrogens is 182 g/mol. The molecule has 1 amide bonds. The number of carbonyl (C=O) groups is 1. The zero-order valence-electron chi connectivity index (χ0n) is 5.84. The molecule has 0 radical (unpaired) electrons. The molecule has 0 bridgehead atoms. The number of rotatable bonds is 3. The minimum atomic E-state index is -0.0411. The quantitative estimate of drug-likeness (QED) is 0.721. The number of hydrogen-bond donors (Lipinski definition) is 1. The van der Waals surface area contributed by atoms with Crippen molar-refractivity contribution in [1.29, 1.82) is 0 Å². The van der Waals surface area contributed by atoms with Crippen LogP contribution in [0.25, 0.3) is 0 Å². The van der Waals surface area contributed by atoms with Gasteiger partial charge in [-0.25, -0.2) is 0 Å². The lowest BCUT2D eigenvalue weighted by atomic mass is 10.4. The summed E-state index contributed by atoms with van der Waals surface area (Å²) in [5.41, 5.74) is 0. The maximum Gasteiger partial charge on any atom is 0.261 e. The fourth-order valence-corrected chi connectivity index (χ4v) is 1.39. The molecule has 1 aromatic heterocycles. The van der Waals surface area contributed by atoms with Crippen molar-refractivity contribution < 1.29 is 4.79 Å². The van der Waals surface area contributed by atoms with Crippen LogP contribution < -0.4 is 5.32 Å². The van der Waals surface area contributed by atoms with E-state index < -0.39 is 0 Å². The SMILES string of the molecule is O=C(NCCCl)c1cccs1. The smallest absolute Gasteiger partial charge is 0.261 e. The van der Waals surface area contributed by atoms with Gasteiger partial charge in [0.1, 0.15) is 0 Å². The van der Waals surface area contributed by atoms with Crippen molar-refractivity contribution in [2.75, 3.05) is 12.4 Å². The van der Waals surface area contributed by atoms with Gasteiger partial charge in [-0.05, 0) is 11.4 Å². The van der Waals surface area contributed by atoms with Gasteiger partial charge >= 0.3 is 0 Å². The lowest BCUT2D eigenvalue weighted by Gasteiger charge is -1.97. The lowest BCUT2D eigenvalue weighted by Crippen LogP contribution is -2.24. The summed E-state index contributed by atoms with van der Waals surface area (Å²) in [4.78, 5) is 11.8. The highest BCUT2D eigenvalue weighted by molar-refractivity contribution is 7.12. The highest BCUT2D eigenvalue weighted by atomic mass is 35.5. The molecule has 1 rings (SSSR count). The minimum absolute atomic E-state index is 0.0411. The second-order valence-corrected chi connectivity index (χ2v) is 3.25. The Morgan fingerprint density at radius 1 is 1.73 bits per heavy atom. The van der Waals surface area contributed by atoms with Crippen molar-refractivity contribution in [1.82, 2.24) is 5.32 Å². The third-order valence-corrected chi connectivity index (χ3v) is 2.18. The van der Waals surface area contributed by atoms with Crippen LogP contribution in [0, 0.1) is 0 Å². The van der Waals surface area contributed by atoms with Crippen LogP contribution in [0.1, 0.15) is 9.67 Å². The summed E-state index contributed by atoms with van der Waals surface area (Å²) in [6, 6.07) is 3.63. The van der Waals surface area contributed by atoms with Crippen LogP contribution in [0.4, 0.5) is 0 Å². The van der Waals surface area contributed by atoms with Crippen LogP contribution in [0.15, 0.2) is 17.5 Å². The summed E-state index contributed by atoms with van der Waals surface area (Å²) in [5, 5.41) is 4.54. The number of amides is 1. The standard InChI is InChI=1S/C7H8ClNOS/c8-3-4-9-7(10)6-2-1-5-11-6/h1-2,5H,3-4H2,(H,9,10). The van der Waals surface area contributed by atoms with E-state index in [2.05, 4.69) is 5.32 Å². The molecule has 0 saturated heterocycles. The minimum Gasteiger partial charge on any atom is -0.350 e. The highest BCUT2D eigenvalue weighted by Gasteiger charge is 2.03. The van der Waals surface area contributed by atoms with Crippen LogP contribution in [-0.2, 0) is 0 Å². The molecule has 1 N–H and O–H groups in total. The van der Waals surface area contributed by atoms with Crippen LogP contribution in [0.3, 0.4) is 0 Å². The summed E-state index contributed by atoms with van der Waals surface area (Å²) in [6.45, 7) is 0.526. The molecule has 0 aliphatic heterocycles. The molecule has 1 heterocycles. The van der Waals surface area contributed by atoms with Crippen LogP contribution in [-0.4, -0.2) is 18.3 Å². The van der Waals surface area contributed by atoms with Gasteiger partial charge in [-0.1, -0.05) is 6.07 Å². The number of nitrogens with one attached hydrogen (secondary N) is 1. The largest absolute Gasteiger partial charge is 0.350 e. The molecule has 0 spiro atoms. The van der Waals surface area contributed by atoms with Crippen molar-refractivity contribution in [3.05, 3.63) is 22.4 Å². The van der Waals surface area contributed by atoms with E-state index in [0.717, 1.165) is 4.88 Å². The van der Waals surface area contributed by atoms with Crippen molar-refractivity contribution in [2.24, 2.45) is 0 Å². The number of halogens is 1. The highest BCUT2D eigenvalue weighted by Crippen LogP contribution is 2.07. The first kappa shape index (κ1) is 8.56. The van der Waals surface area contributed by atoms with Crippen LogP contribution >= 0.6 is 22.9 Å². The summed E-state index contributed by atoms with van der Waals surface area (Å²) in [6.07, 6.45) is 0. The monoisotopic (exact) mass is 189 g/mol. The molecule has 11 heavy (non-hydrogen) atoms. The van der Waals surface area contributed by atoms with Crippen molar-refractivity contribution >= 4 is 28.8 Å². The second kappa shape index (κ2) is 4.36. The Balaban J connectivity index is 2.43. The van der Waals surface area contributed by atoms with E-state index in [-0.39, 0.29) is 5.91 Å². The first-order valence-electron chi connectivity index (χ1n) is 3.22. The maximum absolute atomic E-state index is 11.1. The van der Waals surface area contributed by atoms with Gasteiger partial charge in [0.25, 0.3) is 5.91 Å². The zero-order chi connectivity index (χ0) is 8.10. The van der Waals surface area contributed by atoms with Gasteiger partial charge in [0, 0.05) is 12.4 Å². The lowest BCUT2D eigenvalue weighted by molar-refractivity contribution is 0.0960. The third-order valence-electron chi connectivity index (χ3n) is 1.13. The molecule has 60 valence electrons. The molecule has 0 aliphatic rings. The Bertz CT molecular complexity index is 222. The summed E-state index contributed by atoms with van der Waals surface area (Å²) in [5.74, 6) is 0.414. The third kappa shape index (κ3) is 2.52. The Kier molecular flexibility index (Phi) is 3.39. The predicted molar refractivity (Wildman–Crippen MR) is 47.4 cm³/mol. The fourth-order valence-electron chi connectivity index (χ4n) is 0.656. The first-order valence-corrected chi connectivity index (χ1v) is 4.63. The van der Waals surface area contributed by atoms with Crippen molar-refractivity contribution in [3.8, 4) is 0 Å². The normalized spacial score (nSPS) is 9.55. The average molecular weight is 190 g/mol. The Hall–Kier alpha value is -0.540. The summed E-state index contributed by atoms with van der Waals surface area (Å²) < 4.78 is 0. The topological polar surface area (TPSA) is 29.1 Å². The molecule has 0 atom stereocenters. The van der Waals surface area contributed by atoms with Gasteiger partial charge in [0.2, 0.25) is 0 Å². The first-order chi connectivity index (χ1) is 5.34. The van der Waals surface area contributed by atoms with Gasteiger partial charge in [0.15, 0.2) is 0 Å². The number of hydrogen-bond acceptors (Lipinski definition) is 2. The van der Waals surface area contributed by atoms with Gasteiger partial charge < -0.3 is 5.32 Å². The number of alkyl halides is 1. The van der Waals surface area contributed by atoms with E-state index in [9.17, 15) is 4.79 Å². The molecular formula is C7H8ClNOS. The Labute approximate surface area is 74.2 Å². The molecule has 2 nitrogen and oxygen atoms in total. The van der Waals surface area contributed by atoms with Crippen LogP contribution in [0.5, 0.6) is 0 Å². The molecule has 0 unspecified atom stereocenters. The van der Waals surface area contributed by atoms with Crippen molar-refractivity contribution in [3.63, 3.8) is 0 Å². The summed E-state index contributed by atoms with van der Waals surface area (Å²) >= 11 is 6.82. The fraction of sp³-hybridized carbons (Fsp3) is 0.286. The van der Waals surface area contributed by atoms with E-state index in [4.69, 9.17) is 11.6 Å². The Morgan fingerprint density at radius 3 is 3.09 bits per heavy atom.